The second-order valence-corrected chi connectivity index (χ2v) is 6.46. The van der Waals surface area contributed by atoms with Crippen molar-refractivity contribution in [1.82, 2.24) is 20.1 Å². The number of hydrogen-bond donors (Lipinski definition) is 3. The Balaban J connectivity index is 1.78. The molecule has 0 radical (unpaired) electrons. The van der Waals surface area contributed by atoms with Gasteiger partial charge in [0, 0.05) is 13.0 Å². The number of nitrogens with zero attached hydrogens (tertiary/aromatic N) is 2. The SMILES string of the molecule is CCCc1n[nH]c(=S)n1CC(=O)NCC(O)COc1ccc(C(F)(F)F)cc1. The third-order valence-electron chi connectivity index (χ3n) is 3.77. The molecule has 0 saturated heterocycles. The Bertz CT molecular complexity index is 833. The highest BCUT2D eigenvalue weighted by molar-refractivity contribution is 7.71. The number of rotatable bonds is 9. The van der Waals surface area contributed by atoms with Crippen molar-refractivity contribution in [3.8, 4) is 5.75 Å². The number of aryl methyl sites for hydroxylation is 1. The van der Waals surface area contributed by atoms with E-state index in [1.807, 2.05) is 6.92 Å². The largest absolute Gasteiger partial charge is 0.491 e. The van der Waals surface area contributed by atoms with Gasteiger partial charge in [-0.1, -0.05) is 6.92 Å². The van der Waals surface area contributed by atoms with E-state index in [4.69, 9.17) is 17.0 Å². The summed E-state index contributed by atoms with van der Waals surface area (Å²) in [5.41, 5.74) is -0.784. The highest BCUT2D eigenvalue weighted by atomic mass is 32.1. The van der Waals surface area contributed by atoms with Crippen LogP contribution in [-0.2, 0) is 23.9 Å². The van der Waals surface area contributed by atoms with Gasteiger partial charge in [0.05, 0.1) is 5.56 Å². The van der Waals surface area contributed by atoms with Crippen LogP contribution in [0, 0.1) is 4.77 Å². The molecule has 3 N–H and O–H groups in total. The number of halogens is 3. The number of amides is 1. The third-order valence-corrected chi connectivity index (χ3v) is 4.08. The number of aliphatic hydroxyl groups is 1. The fourth-order valence-corrected chi connectivity index (χ4v) is 2.57. The smallest absolute Gasteiger partial charge is 0.416 e. The fourth-order valence-electron chi connectivity index (χ4n) is 2.35. The summed E-state index contributed by atoms with van der Waals surface area (Å²) in [6.07, 6.45) is -3.93. The lowest BCUT2D eigenvalue weighted by molar-refractivity contribution is -0.137. The summed E-state index contributed by atoms with van der Waals surface area (Å²) in [4.78, 5) is 12.1. The second kappa shape index (κ2) is 9.69. The maximum absolute atomic E-state index is 12.5. The van der Waals surface area contributed by atoms with Gasteiger partial charge in [0.2, 0.25) is 5.91 Å². The minimum absolute atomic E-state index is 0.0306. The highest BCUT2D eigenvalue weighted by Crippen LogP contribution is 2.30. The number of aromatic nitrogens is 3. The predicted octanol–water partition coefficient (Wildman–Crippen LogP) is 2.47. The molecule has 0 aliphatic rings. The van der Waals surface area contributed by atoms with E-state index in [-0.39, 0.29) is 31.4 Å². The van der Waals surface area contributed by atoms with Gasteiger partial charge in [-0.2, -0.15) is 18.3 Å². The molecular weight excluding hydrogens is 397 g/mol. The molecule has 1 aromatic heterocycles. The van der Waals surface area contributed by atoms with Gasteiger partial charge in [0.15, 0.2) is 4.77 Å². The van der Waals surface area contributed by atoms with E-state index in [2.05, 4.69) is 15.5 Å². The lowest BCUT2D eigenvalue weighted by atomic mass is 10.2. The standard InChI is InChI=1S/C17H21F3N4O3S/c1-2-3-14-22-23-16(28)24(14)9-15(26)21-8-12(25)10-27-13-6-4-11(5-7-13)17(18,19)20/h4-7,12,25H,2-3,8-10H2,1H3,(H,21,26)(H,23,28). The molecule has 1 atom stereocenters. The molecule has 1 unspecified atom stereocenters. The van der Waals surface area contributed by atoms with E-state index in [9.17, 15) is 23.1 Å². The van der Waals surface area contributed by atoms with Crippen LogP contribution in [0.3, 0.4) is 0 Å². The quantitative estimate of drug-likeness (QED) is 0.544. The van der Waals surface area contributed by atoms with E-state index < -0.39 is 17.8 Å². The number of alkyl halides is 3. The zero-order valence-electron chi connectivity index (χ0n) is 15.1. The first kappa shape index (κ1) is 21.9. The van der Waals surface area contributed by atoms with E-state index >= 15 is 0 Å². The van der Waals surface area contributed by atoms with E-state index in [1.54, 1.807) is 4.57 Å². The number of H-pyrrole nitrogens is 1. The van der Waals surface area contributed by atoms with Gasteiger partial charge < -0.3 is 15.2 Å². The molecule has 0 fully saturated rings. The Morgan fingerprint density at radius 3 is 2.68 bits per heavy atom. The molecule has 0 aliphatic heterocycles. The number of carbonyl (C=O) groups excluding carboxylic acids is 1. The van der Waals surface area contributed by atoms with Crippen LogP contribution in [0.2, 0.25) is 0 Å². The number of aliphatic hydroxyl groups excluding tert-OH is 1. The van der Waals surface area contributed by atoms with E-state index in [0.717, 1.165) is 18.6 Å². The van der Waals surface area contributed by atoms with E-state index in [1.165, 1.54) is 12.1 Å². The summed E-state index contributed by atoms with van der Waals surface area (Å²) >= 11 is 5.09. The van der Waals surface area contributed by atoms with Gasteiger partial charge in [0.25, 0.3) is 0 Å². The van der Waals surface area contributed by atoms with Crippen LogP contribution in [0.5, 0.6) is 5.75 Å². The van der Waals surface area contributed by atoms with Gasteiger partial charge >= 0.3 is 6.18 Å². The summed E-state index contributed by atoms with van der Waals surface area (Å²) in [7, 11) is 0. The van der Waals surface area contributed by atoms with Crippen molar-refractivity contribution in [3.05, 3.63) is 40.4 Å². The molecule has 11 heteroatoms. The molecule has 0 aliphatic carbocycles. The Hall–Kier alpha value is -2.40. The number of carbonyl (C=O) groups is 1. The zero-order chi connectivity index (χ0) is 20.7. The van der Waals surface area contributed by atoms with Gasteiger partial charge in [0.1, 0.15) is 30.8 Å². The van der Waals surface area contributed by atoms with Crippen LogP contribution in [0.15, 0.2) is 24.3 Å². The average Bonchev–Trinajstić information content (AvgIpc) is 2.98. The maximum Gasteiger partial charge on any atom is 0.416 e. The van der Waals surface area contributed by atoms with Gasteiger partial charge in [-0.3, -0.25) is 14.5 Å². The molecule has 1 aromatic carbocycles. The van der Waals surface area contributed by atoms with Crippen LogP contribution in [-0.4, -0.2) is 45.0 Å². The van der Waals surface area contributed by atoms with Crippen molar-refractivity contribution >= 4 is 18.1 Å². The number of hydrogen-bond acceptors (Lipinski definition) is 5. The monoisotopic (exact) mass is 418 g/mol. The third kappa shape index (κ3) is 6.34. The van der Waals surface area contributed by atoms with Crippen molar-refractivity contribution in [2.45, 2.75) is 38.6 Å². The molecular formula is C17H21F3N4O3S. The minimum Gasteiger partial charge on any atom is -0.491 e. The Labute approximate surface area is 164 Å². The topological polar surface area (TPSA) is 92.2 Å². The molecule has 28 heavy (non-hydrogen) atoms. The van der Waals surface area contributed by atoms with Crippen LogP contribution >= 0.6 is 12.2 Å². The Kier molecular flexibility index (Phi) is 7.58. The Morgan fingerprint density at radius 2 is 2.07 bits per heavy atom. The van der Waals surface area contributed by atoms with Crippen molar-refractivity contribution in [1.29, 1.82) is 0 Å². The van der Waals surface area contributed by atoms with Crippen molar-refractivity contribution in [2.24, 2.45) is 0 Å². The molecule has 0 saturated carbocycles. The summed E-state index contributed by atoms with van der Waals surface area (Å²) in [6.45, 7) is 1.69. The molecule has 7 nitrogen and oxygen atoms in total. The average molecular weight is 418 g/mol. The minimum atomic E-state index is -4.42. The molecule has 0 spiro atoms. The summed E-state index contributed by atoms with van der Waals surface area (Å²) in [5.74, 6) is 0.504. The first-order valence-electron chi connectivity index (χ1n) is 8.59. The molecule has 154 valence electrons. The molecule has 1 heterocycles. The van der Waals surface area contributed by atoms with Crippen molar-refractivity contribution < 1.29 is 27.8 Å². The van der Waals surface area contributed by atoms with Crippen molar-refractivity contribution in [2.75, 3.05) is 13.2 Å². The lowest BCUT2D eigenvalue weighted by Crippen LogP contribution is -2.37. The molecule has 0 bridgehead atoms. The van der Waals surface area contributed by atoms with Gasteiger partial charge in [-0.25, -0.2) is 0 Å². The van der Waals surface area contributed by atoms with Gasteiger partial charge in [-0.15, -0.1) is 0 Å². The first-order valence-corrected chi connectivity index (χ1v) is 9.00. The summed E-state index contributed by atoms with van der Waals surface area (Å²) < 4.78 is 44.7. The predicted molar refractivity (Wildman–Crippen MR) is 97.4 cm³/mol. The second-order valence-electron chi connectivity index (χ2n) is 6.07. The van der Waals surface area contributed by atoms with Crippen molar-refractivity contribution in [3.63, 3.8) is 0 Å². The first-order chi connectivity index (χ1) is 13.2. The number of ether oxygens (including phenoxy) is 1. The number of nitrogens with one attached hydrogen (secondary N) is 2. The van der Waals surface area contributed by atoms with E-state index in [0.29, 0.717) is 17.0 Å². The Morgan fingerprint density at radius 1 is 1.39 bits per heavy atom. The number of benzene rings is 1. The lowest BCUT2D eigenvalue weighted by Gasteiger charge is -2.14. The van der Waals surface area contributed by atoms with Crippen LogP contribution in [0.1, 0.15) is 24.7 Å². The molecule has 2 rings (SSSR count). The molecule has 2 aromatic rings. The zero-order valence-corrected chi connectivity index (χ0v) is 15.9. The summed E-state index contributed by atoms with van der Waals surface area (Å²) in [6, 6.07) is 4.13. The van der Waals surface area contributed by atoms with Crippen LogP contribution < -0.4 is 10.1 Å². The van der Waals surface area contributed by atoms with Crippen LogP contribution in [0.25, 0.3) is 0 Å². The van der Waals surface area contributed by atoms with Gasteiger partial charge in [-0.05, 0) is 42.9 Å². The fraction of sp³-hybridized carbons (Fsp3) is 0.471. The normalized spacial score (nSPS) is 12.6. The summed E-state index contributed by atoms with van der Waals surface area (Å²) in [5, 5.41) is 19.2. The highest BCUT2D eigenvalue weighted by Gasteiger charge is 2.30. The molecule has 1 amide bonds. The maximum atomic E-state index is 12.5. The number of aromatic amines is 1. The van der Waals surface area contributed by atoms with Crippen LogP contribution in [0.4, 0.5) is 13.2 Å².